The number of hydrogen-bond donors (Lipinski definition) is 1. The van der Waals surface area contributed by atoms with Crippen LogP contribution in [0.4, 0.5) is 5.69 Å². The third-order valence-electron chi connectivity index (χ3n) is 4.56. The minimum atomic E-state index is 0.112. The summed E-state index contributed by atoms with van der Waals surface area (Å²) >= 11 is 9.10. The number of hydrogen-bond acceptors (Lipinski definition) is 6. The van der Waals surface area contributed by atoms with Gasteiger partial charge in [-0.15, -0.1) is 16.4 Å². The Hall–Kier alpha value is -2.29. The van der Waals surface area contributed by atoms with Gasteiger partial charge in [0, 0.05) is 41.8 Å². The number of H-pyrrole nitrogens is 1. The van der Waals surface area contributed by atoms with E-state index in [0.717, 1.165) is 28.7 Å². The van der Waals surface area contributed by atoms with Gasteiger partial charge < -0.3 is 9.80 Å². The normalized spacial score (nSPS) is 14.7. The van der Waals surface area contributed by atoms with E-state index in [9.17, 15) is 4.79 Å². The van der Waals surface area contributed by atoms with Gasteiger partial charge in [0.05, 0.1) is 5.75 Å². The zero-order valence-electron chi connectivity index (χ0n) is 15.6. The molecular weight excluding hydrogens is 426 g/mol. The van der Waals surface area contributed by atoms with Gasteiger partial charge >= 0.3 is 0 Å². The summed E-state index contributed by atoms with van der Waals surface area (Å²) in [4.78, 5) is 22.3. The maximum absolute atomic E-state index is 12.5. The second kappa shape index (κ2) is 9.47. The molecule has 1 aliphatic rings. The quantitative estimate of drug-likeness (QED) is 0.578. The second-order valence-corrected chi connectivity index (χ2v) is 8.85. The molecule has 0 aliphatic carbocycles. The molecule has 1 N–H and O–H groups in total. The summed E-state index contributed by atoms with van der Waals surface area (Å²) in [6, 6.07) is 11.9. The number of carbonyl (C=O) groups excluding carboxylic acids is 1. The lowest BCUT2D eigenvalue weighted by Gasteiger charge is -2.36. The minimum Gasteiger partial charge on any atom is -0.368 e. The van der Waals surface area contributed by atoms with Crippen molar-refractivity contribution in [3.63, 3.8) is 0 Å². The molecule has 0 radical (unpaired) electrons. The third kappa shape index (κ3) is 5.41. The van der Waals surface area contributed by atoms with Crippen molar-refractivity contribution in [1.82, 2.24) is 20.1 Å². The van der Waals surface area contributed by atoms with Crippen molar-refractivity contribution in [2.24, 2.45) is 0 Å². The van der Waals surface area contributed by atoms with Gasteiger partial charge in [-0.1, -0.05) is 35.5 Å². The first kappa shape index (κ1) is 20.0. The van der Waals surface area contributed by atoms with Gasteiger partial charge in [0.1, 0.15) is 5.82 Å². The molecule has 9 heteroatoms. The molecule has 3 heterocycles. The van der Waals surface area contributed by atoms with Gasteiger partial charge in [-0.25, -0.2) is 4.98 Å². The fraction of sp³-hybridized carbons (Fsp3) is 0.250. The summed E-state index contributed by atoms with van der Waals surface area (Å²) < 4.78 is 0. The molecule has 1 amide bonds. The highest BCUT2D eigenvalue weighted by molar-refractivity contribution is 7.99. The summed E-state index contributed by atoms with van der Waals surface area (Å²) in [5.74, 6) is 1.13. The van der Waals surface area contributed by atoms with Gasteiger partial charge in [0.25, 0.3) is 0 Å². The van der Waals surface area contributed by atoms with Crippen molar-refractivity contribution in [2.45, 2.75) is 5.16 Å². The Morgan fingerprint density at radius 3 is 2.83 bits per heavy atom. The molecular formula is C20H20ClN5OS2. The highest BCUT2D eigenvalue weighted by Gasteiger charge is 2.21. The average molecular weight is 446 g/mol. The maximum Gasteiger partial charge on any atom is 0.233 e. The first-order valence-electron chi connectivity index (χ1n) is 9.22. The Labute approximate surface area is 182 Å². The number of benzene rings is 1. The number of piperazine rings is 1. The number of rotatable bonds is 6. The van der Waals surface area contributed by atoms with Crippen molar-refractivity contribution in [3.8, 4) is 0 Å². The second-order valence-electron chi connectivity index (χ2n) is 6.49. The van der Waals surface area contributed by atoms with Gasteiger partial charge in [0.2, 0.25) is 11.1 Å². The Morgan fingerprint density at radius 2 is 2.07 bits per heavy atom. The molecule has 0 unspecified atom stereocenters. The first-order chi connectivity index (χ1) is 14.2. The third-order valence-corrected chi connectivity index (χ3v) is 6.47. The zero-order chi connectivity index (χ0) is 20.1. The molecule has 3 aromatic rings. The molecule has 0 spiro atoms. The van der Waals surface area contributed by atoms with Crippen LogP contribution < -0.4 is 4.90 Å². The summed E-state index contributed by atoms with van der Waals surface area (Å²) in [5, 5.41) is 10.4. The number of halogens is 1. The molecule has 0 bridgehead atoms. The fourth-order valence-corrected chi connectivity index (χ4v) is 4.56. The molecule has 2 aromatic heterocycles. The van der Waals surface area contributed by atoms with E-state index >= 15 is 0 Å². The average Bonchev–Trinajstić information content (AvgIpc) is 3.42. The minimum absolute atomic E-state index is 0.112. The predicted octanol–water partition coefficient (Wildman–Crippen LogP) is 4.13. The van der Waals surface area contributed by atoms with E-state index in [0.29, 0.717) is 29.8 Å². The molecule has 4 rings (SSSR count). The zero-order valence-corrected chi connectivity index (χ0v) is 18.0. The van der Waals surface area contributed by atoms with E-state index in [4.69, 9.17) is 11.6 Å². The first-order valence-corrected chi connectivity index (χ1v) is 11.5. The molecule has 150 valence electrons. The number of thioether (sulfide) groups is 1. The van der Waals surface area contributed by atoms with Crippen LogP contribution in [0.5, 0.6) is 0 Å². The predicted molar refractivity (Wildman–Crippen MR) is 121 cm³/mol. The van der Waals surface area contributed by atoms with Crippen LogP contribution in [-0.4, -0.2) is 57.9 Å². The van der Waals surface area contributed by atoms with Crippen molar-refractivity contribution >= 4 is 58.4 Å². The van der Waals surface area contributed by atoms with Crippen LogP contribution in [0.15, 0.2) is 46.9 Å². The Morgan fingerprint density at radius 1 is 1.21 bits per heavy atom. The molecule has 0 atom stereocenters. The summed E-state index contributed by atoms with van der Waals surface area (Å²) in [6.07, 6.45) is 3.88. The van der Waals surface area contributed by atoms with Crippen molar-refractivity contribution in [2.75, 3.05) is 36.8 Å². The Balaban J connectivity index is 1.24. The van der Waals surface area contributed by atoms with Crippen LogP contribution in [0.25, 0.3) is 12.2 Å². The van der Waals surface area contributed by atoms with Gasteiger partial charge in [0.15, 0.2) is 0 Å². The lowest BCUT2D eigenvalue weighted by Crippen LogP contribution is -2.49. The van der Waals surface area contributed by atoms with Crippen LogP contribution in [0.1, 0.15) is 10.7 Å². The molecule has 1 aliphatic heterocycles. The van der Waals surface area contributed by atoms with Gasteiger partial charge in [-0.2, -0.15) is 0 Å². The number of thiophene rings is 1. The van der Waals surface area contributed by atoms with E-state index in [2.05, 4.69) is 20.1 Å². The maximum atomic E-state index is 12.5. The number of anilines is 1. The number of amides is 1. The largest absolute Gasteiger partial charge is 0.368 e. The fourth-order valence-electron chi connectivity index (χ4n) is 3.05. The van der Waals surface area contributed by atoms with Crippen LogP contribution >= 0.6 is 34.7 Å². The highest BCUT2D eigenvalue weighted by atomic mass is 35.5. The SMILES string of the molecule is O=C(CSc1n[nH]c(/C=C/c2cccs2)n1)N1CCN(c2cccc(Cl)c2)CC1. The number of carbonyl (C=O) groups is 1. The van der Waals surface area contributed by atoms with E-state index in [1.54, 1.807) is 11.3 Å². The number of aromatic nitrogens is 3. The summed E-state index contributed by atoms with van der Waals surface area (Å²) in [7, 11) is 0. The lowest BCUT2D eigenvalue weighted by molar-refractivity contribution is -0.128. The molecule has 1 aromatic carbocycles. The lowest BCUT2D eigenvalue weighted by atomic mass is 10.2. The van der Waals surface area contributed by atoms with E-state index in [-0.39, 0.29) is 5.91 Å². The van der Waals surface area contributed by atoms with E-state index in [1.165, 1.54) is 11.8 Å². The van der Waals surface area contributed by atoms with Gasteiger partial charge in [-0.05, 0) is 41.8 Å². The number of nitrogens with one attached hydrogen (secondary N) is 1. The van der Waals surface area contributed by atoms with Crippen LogP contribution in [0.3, 0.4) is 0 Å². The highest BCUT2D eigenvalue weighted by Crippen LogP contribution is 2.21. The number of nitrogens with zero attached hydrogens (tertiary/aromatic N) is 4. The monoisotopic (exact) mass is 445 g/mol. The van der Waals surface area contributed by atoms with Crippen molar-refractivity contribution in [3.05, 3.63) is 57.5 Å². The summed E-state index contributed by atoms with van der Waals surface area (Å²) in [5.41, 5.74) is 1.10. The number of aromatic amines is 1. The van der Waals surface area contributed by atoms with Crippen molar-refractivity contribution < 1.29 is 4.79 Å². The molecule has 6 nitrogen and oxygen atoms in total. The van der Waals surface area contributed by atoms with E-state index in [1.807, 2.05) is 58.8 Å². The molecule has 0 saturated carbocycles. The molecule has 29 heavy (non-hydrogen) atoms. The molecule has 1 saturated heterocycles. The Bertz CT molecular complexity index is 980. The molecule has 1 fully saturated rings. The standard InChI is InChI=1S/C20H20ClN5OS2/c21-15-3-1-4-16(13-15)25-8-10-26(11-9-25)19(27)14-29-20-22-18(23-24-20)7-6-17-5-2-12-28-17/h1-7,12-13H,8-11,14H2,(H,22,23,24)/b7-6+. The van der Waals surface area contributed by atoms with Crippen LogP contribution in [0, 0.1) is 0 Å². The van der Waals surface area contributed by atoms with Crippen molar-refractivity contribution in [1.29, 1.82) is 0 Å². The van der Waals surface area contributed by atoms with E-state index < -0.39 is 0 Å². The van der Waals surface area contributed by atoms with Crippen LogP contribution in [-0.2, 0) is 4.79 Å². The van der Waals surface area contributed by atoms with Crippen LogP contribution in [0.2, 0.25) is 5.02 Å². The Kier molecular flexibility index (Phi) is 6.53. The summed E-state index contributed by atoms with van der Waals surface area (Å²) in [6.45, 7) is 3.01. The topological polar surface area (TPSA) is 65.1 Å². The van der Waals surface area contributed by atoms with Gasteiger partial charge in [-0.3, -0.25) is 9.89 Å². The smallest absolute Gasteiger partial charge is 0.233 e.